The van der Waals surface area contributed by atoms with Crippen LogP contribution in [0.5, 0.6) is 11.5 Å². The van der Waals surface area contributed by atoms with Crippen LogP contribution >= 0.6 is 28.7 Å². The van der Waals surface area contributed by atoms with Crippen LogP contribution in [0.1, 0.15) is 37.0 Å². The number of esters is 1. The van der Waals surface area contributed by atoms with Crippen molar-refractivity contribution in [2.24, 2.45) is 5.92 Å². The van der Waals surface area contributed by atoms with Gasteiger partial charge in [-0.25, -0.2) is 0 Å². The largest absolute Gasteiger partial charge is 0.457 e. The number of hydrogen-bond donors (Lipinski definition) is 0. The van der Waals surface area contributed by atoms with Gasteiger partial charge in [0.05, 0.1) is 11.3 Å². The molecule has 0 bridgehead atoms. The highest BCUT2D eigenvalue weighted by molar-refractivity contribution is 8.67. The number of nitriles is 1. The van der Waals surface area contributed by atoms with E-state index >= 15 is 0 Å². The maximum absolute atomic E-state index is 13.0. The Hall–Kier alpha value is -4.08. The molecule has 4 aromatic carbocycles. The summed E-state index contributed by atoms with van der Waals surface area (Å²) in [6.45, 7) is 3.88. The van der Waals surface area contributed by atoms with Crippen LogP contribution in [0.4, 0.5) is 0 Å². The van der Waals surface area contributed by atoms with Crippen molar-refractivity contribution >= 4 is 57.4 Å². The molecule has 0 aliphatic heterocycles. The van der Waals surface area contributed by atoms with Crippen LogP contribution in [0, 0.1) is 17.2 Å². The zero-order valence-electron chi connectivity index (χ0n) is 27.1. The molecule has 0 aliphatic rings. The molecular weight excluding hydrogens is 703 g/mol. The molecule has 2 unspecified atom stereocenters. The van der Waals surface area contributed by atoms with E-state index in [0.29, 0.717) is 33.0 Å². The number of fused-ring (bicyclic) bond motifs is 1. The van der Waals surface area contributed by atoms with Crippen molar-refractivity contribution in [1.82, 2.24) is 15.0 Å². The van der Waals surface area contributed by atoms with Crippen LogP contribution in [-0.4, -0.2) is 35.2 Å². The molecular formula is C35H34ClN4O6PS2. The maximum atomic E-state index is 13.0. The Balaban J connectivity index is 0.000000244. The van der Waals surface area contributed by atoms with Crippen LogP contribution in [0.2, 0.25) is 5.02 Å². The van der Waals surface area contributed by atoms with E-state index in [2.05, 4.69) is 16.4 Å². The summed E-state index contributed by atoms with van der Waals surface area (Å²) >= 11 is 12.4. The van der Waals surface area contributed by atoms with Crippen molar-refractivity contribution in [2.45, 2.75) is 31.7 Å². The summed E-state index contributed by atoms with van der Waals surface area (Å²) in [5.74, 6) is 0.534. The van der Waals surface area contributed by atoms with Gasteiger partial charge in [0, 0.05) is 24.8 Å². The lowest BCUT2D eigenvalue weighted by Gasteiger charge is -2.22. The Morgan fingerprint density at radius 3 is 2.24 bits per heavy atom. The lowest BCUT2D eigenvalue weighted by molar-refractivity contribution is -0.150. The summed E-state index contributed by atoms with van der Waals surface area (Å²) in [7, 11) is 2.98. The number of nitrogens with zero attached hydrogens (tertiary/aromatic N) is 4. The summed E-state index contributed by atoms with van der Waals surface area (Å²) in [5, 5.41) is 18.6. The fraction of sp³-hybridized carbons (Fsp3) is 0.229. The minimum Gasteiger partial charge on any atom is -0.457 e. The van der Waals surface area contributed by atoms with Crippen molar-refractivity contribution in [2.75, 3.05) is 14.2 Å². The molecule has 254 valence electrons. The van der Waals surface area contributed by atoms with Gasteiger partial charge in [-0.15, -0.1) is 5.10 Å². The summed E-state index contributed by atoms with van der Waals surface area (Å²) in [5.41, 5.74) is -0.674. The van der Waals surface area contributed by atoms with Gasteiger partial charge in [-0.05, 0) is 83.2 Å². The predicted octanol–water partition coefficient (Wildman–Crippen LogP) is 8.68. The first-order chi connectivity index (χ1) is 23.6. The van der Waals surface area contributed by atoms with E-state index in [0.717, 1.165) is 5.56 Å². The monoisotopic (exact) mass is 736 g/mol. The molecule has 0 fully saturated rings. The molecule has 0 spiro atoms. The van der Waals surface area contributed by atoms with Gasteiger partial charge in [-0.2, -0.15) is 9.94 Å². The highest BCUT2D eigenvalue weighted by Gasteiger charge is 2.29. The molecule has 49 heavy (non-hydrogen) atoms. The van der Waals surface area contributed by atoms with E-state index in [-0.39, 0.29) is 17.4 Å². The number of ether oxygens (including phenoxy) is 2. The average Bonchev–Trinajstić information content (AvgIpc) is 3.12. The molecule has 0 N–H and O–H groups in total. The molecule has 0 radical (unpaired) electrons. The van der Waals surface area contributed by atoms with Crippen molar-refractivity contribution < 1.29 is 23.3 Å². The molecule has 0 aliphatic carbocycles. The highest BCUT2D eigenvalue weighted by Crippen LogP contribution is 2.60. The maximum Gasteiger partial charge on any atom is 0.315 e. The second-order valence-electron chi connectivity index (χ2n) is 10.7. The molecule has 5 rings (SSSR count). The normalized spacial score (nSPS) is 12.3. The van der Waals surface area contributed by atoms with E-state index < -0.39 is 23.7 Å². The first-order valence-electron chi connectivity index (χ1n) is 14.9. The number of para-hydroxylation sites is 1. The van der Waals surface area contributed by atoms with Gasteiger partial charge in [0.2, 0.25) is 11.8 Å². The summed E-state index contributed by atoms with van der Waals surface area (Å²) in [6.07, 6.45) is -1.04. The van der Waals surface area contributed by atoms with E-state index in [1.165, 1.54) is 30.3 Å². The molecule has 0 saturated carbocycles. The first-order valence-corrected chi connectivity index (χ1v) is 19.5. The smallest absolute Gasteiger partial charge is 0.315 e. The van der Waals surface area contributed by atoms with E-state index in [9.17, 15) is 14.9 Å². The number of halogens is 1. The Kier molecular flexibility index (Phi) is 13.9. The van der Waals surface area contributed by atoms with E-state index in [1.54, 1.807) is 54.6 Å². The zero-order valence-corrected chi connectivity index (χ0v) is 30.4. The number of aromatic nitrogens is 3. The molecule has 1 aromatic heterocycles. The highest BCUT2D eigenvalue weighted by atomic mass is 35.5. The molecule has 5 aromatic rings. The minimum atomic E-state index is -2.40. The fourth-order valence-electron chi connectivity index (χ4n) is 4.60. The molecule has 0 amide bonds. The third-order valence-corrected chi connectivity index (χ3v) is 12.9. The second kappa shape index (κ2) is 18.1. The van der Waals surface area contributed by atoms with E-state index in [1.807, 2.05) is 62.4 Å². The Morgan fingerprint density at radius 2 is 1.59 bits per heavy atom. The second-order valence-corrected chi connectivity index (χ2v) is 17.6. The number of hydrogen-bond acceptors (Lipinski definition) is 11. The van der Waals surface area contributed by atoms with Gasteiger partial charge in [0.1, 0.15) is 29.0 Å². The molecule has 2 atom stereocenters. The number of carbonyl (C=O) groups is 1. The molecule has 1 heterocycles. The van der Waals surface area contributed by atoms with Crippen LogP contribution in [0.25, 0.3) is 10.9 Å². The van der Waals surface area contributed by atoms with E-state index in [4.69, 9.17) is 41.9 Å². The van der Waals surface area contributed by atoms with Gasteiger partial charge in [-0.3, -0.25) is 9.59 Å². The molecule has 14 heteroatoms. The quantitative estimate of drug-likeness (QED) is 0.0902. The third kappa shape index (κ3) is 10.5. The van der Waals surface area contributed by atoms with Gasteiger partial charge >= 0.3 is 5.97 Å². The predicted molar refractivity (Wildman–Crippen MR) is 196 cm³/mol. The number of benzene rings is 4. The van der Waals surface area contributed by atoms with Crippen molar-refractivity contribution in [3.05, 3.63) is 130 Å². The minimum absolute atomic E-state index is 0.00855. The zero-order chi connectivity index (χ0) is 35.4. The van der Waals surface area contributed by atoms with Gasteiger partial charge < -0.3 is 18.5 Å². The van der Waals surface area contributed by atoms with Gasteiger partial charge in [-0.1, -0.05) is 85.3 Å². The van der Waals surface area contributed by atoms with Gasteiger partial charge in [0.15, 0.2) is 0 Å². The SMILES string of the molecule is CC(C)C(C(=O)OC(C#N)c1cccc(Oc2ccccc2)c1)c1ccc(Cl)cc1.COP(=S)(OC)SCn1nnc2ccccc2c1=O. The number of rotatable bonds is 12. The summed E-state index contributed by atoms with van der Waals surface area (Å²) in [6, 6.07) is 32.6. The van der Waals surface area contributed by atoms with Crippen LogP contribution in [0.15, 0.2) is 108 Å². The average molecular weight is 737 g/mol. The Morgan fingerprint density at radius 1 is 0.939 bits per heavy atom. The van der Waals surface area contributed by atoms with Crippen LogP contribution < -0.4 is 10.3 Å². The lowest BCUT2D eigenvalue weighted by atomic mass is 9.88. The van der Waals surface area contributed by atoms with Crippen molar-refractivity contribution in [1.29, 1.82) is 5.26 Å². The molecule has 10 nitrogen and oxygen atoms in total. The van der Waals surface area contributed by atoms with Crippen LogP contribution in [0.3, 0.4) is 0 Å². The first kappa shape index (κ1) is 37.7. The Bertz CT molecular complexity index is 2000. The topological polar surface area (TPSA) is 126 Å². The number of carbonyl (C=O) groups excluding carboxylic acids is 1. The van der Waals surface area contributed by atoms with Gasteiger partial charge in [0.25, 0.3) is 5.56 Å². The molecule has 0 saturated heterocycles. The fourth-order valence-corrected chi connectivity index (χ4v) is 7.32. The van der Waals surface area contributed by atoms with Crippen molar-refractivity contribution in [3.8, 4) is 17.6 Å². The standard InChI is InChI=1S/C25H22ClNO3.C10H12N3O3PS2/c1-17(2)24(18-11-13-20(26)14-12-18)25(28)30-23(16-27)19-7-6-10-22(15-19)29-21-8-4-3-5-9-21;1-15-17(18,16-2)19-7-13-10(14)8-5-3-4-6-9(8)11-12-13/h3-15,17,23-24H,1-2H3;3-6H,7H2,1-2H3. The van der Waals surface area contributed by atoms with Crippen LogP contribution in [-0.2, 0) is 36.3 Å². The third-order valence-electron chi connectivity index (χ3n) is 7.06. The van der Waals surface area contributed by atoms with Crippen molar-refractivity contribution in [3.63, 3.8) is 0 Å². The summed E-state index contributed by atoms with van der Waals surface area (Å²) in [4.78, 5) is 25.1. The lowest BCUT2D eigenvalue weighted by Crippen LogP contribution is -2.23. The summed E-state index contributed by atoms with van der Waals surface area (Å²) < 4.78 is 23.0. The Labute approximate surface area is 298 Å².